The molecule has 3 aromatic carbocycles. The first-order chi connectivity index (χ1) is 54.5. The van der Waals surface area contributed by atoms with Gasteiger partial charge in [-0.15, -0.1) is 0 Å². The number of rotatable bonds is 48. The maximum absolute atomic E-state index is 14.0. The maximum atomic E-state index is 14.0. The van der Waals surface area contributed by atoms with Crippen LogP contribution in [-0.4, -0.2) is 219 Å². The molecule has 4 heterocycles. The van der Waals surface area contributed by atoms with Crippen LogP contribution in [0, 0.1) is 0 Å². The van der Waals surface area contributed by atoms with Gasteiger partial charge in [0.15, 0.2) is 0 Å². The number of H-pyrrole nitrogens is 3. The fourth-order valence-corrected chi connectivity index (χ4v) is 10.4. The number of aromatic amines is 3. The first-order valence-corrected chi connectivity index (χ1v) is 35.1. The minimum Gasteiger partial charge on any atom is -0.463 e. The van der Waals surface area contributed by atoms with Gasteiger partial charge in [0.25, 0.3) is 0 Å². The fraction of sp³-hybridized carbons (Fsp3) is 0.478. The number of aliphatic hydroxyl groups is 6. The number of aromatic nitrogens is 12. The molecule has 7 aromatic rings. The minimum absolute atomic E-state index is 0.152. The van der Waals surface area contributed by atoms with Crippen molar-refractivity contribution in [3.05, 3.63) is 233 Å². The lowest BCUT2D eigenvalue weighted by molar-refractivity contribution is -0.149. The number of benzene rings is 3. The molecule has 7 rings (SSSR count). The number of ether oxygens (including phenoxy) is 9. The third-order valence-corrected chi connectivity index (χ3v) is 16.2. The van der Waals surface area contributed by atoms with E-state index in [1.165, 1.54) is 0 Å². The molecule has 0 spiro atoms. The smallest absolute Gasteiger partial charge is 0.336 e. The first kappa shape index (κ1) is 89.0. The summed E-state index contributed by atoms with van der Waals surface area (Å²) in [5.74, 6) is -6.65. The van der Waals surface area contributed by atoms with Crippen molar-refractivity contribution in [1.29, 1.82) is 0 Å². The van der Waals surface area contributed by atoms with Crippen LogP contribution in [0.25, 0.3) is 0 Å². The fourth-order valence-electron chi connectivity index (χ4n) is 10.4. The van der Waals surface area contributed by atoms with Gasteiger partial charge in [-0.1, -0.05) is 91.0 Å². The monoisotopic (exact) mass is 1610 g/mol. The molecule has 45 nitrogen and oxygen atoms in total. The van der Waals surface area contributed by atoms with E-state index < -0.39 is 278 Å². The largest absolute Gasteiger partial charge is 0.463 e. The summed E-state index contributed by atoms with van der Waals surface area (Å²) in [6, 6.07) is 26.8. The van der Waals surface area contributed by atoms with Crippen LogP contribution in [0.5, 0.6) is 0 Å². The Morgan fingerprint density at radius 2 is 0.430 bits per heavy atom. The van der Waals surface area contributed by atoms with Crippen LogP contribution < -0.4 is 68.3 Å². The normalized spacial score (nSPS) is 12.9. The van der Waals surface area contributed by atoms with E-state index in [0.29, 0.717) is 27.4 Å². The molecule has 4 aromatic heterocycles. The highest BCUT2D eigenvalue weighted by Gasteiger charge is 2.26. The van der Waals surface area contributed by atoms with Gasteiger partial charge in [-0.2, -0.15) is 0 Å². The zero-order valence-electron chi connectivity index (χ0n) is 60.9. The Bertz CT molecular complexity index is 4650. The summed E-state index contributed by atoms with van der Waals surface area (Å²) in [5, 5.41) is 63.8. The van der Waals surface area contributed by atoms with E-state index >= 15 is 0 Å². The summed E-state index contributed by atoms with van der Waals surface area (Å²) >= 11 is 0. The molecule has 0 radical (unpaired) electrons. The molecule has 0 aliphatic heterocycles. The molecule has 0 saturated heterocycles. The molecular weight excluding hydrogens is 1520 g/mol. The van der Waals surface area contributed by atoms with E-state index in [4.69, 9.17) is 42.6 Å². The van der Waals surface area contributed by atoms with Crippen LogP contribution in [0.15, 0.2) is 149 Å². The van der Waals surface area contributed by atoms with Gasteiger partial charge in [-0.25, -0.2) is 98.6 Å². The number of esters is 6. The molecule has 114 heavy (non-hydrogen) atoms. The van der Waals surface area contributed by atoms with Gasteiger partial charge in [-0.3, -0.25) is 43.7 Å². The van der Waals surface area contributed by atoms with Crippen LogP contribution in [-0.2, 0) is 150 Å². The van der Waals surface area contributed by atoms with Crippen LogP contribution in [0.4, 0.5) is 0 Å². The molecule has 45 heteroatoms. The van der Waals surface area contributed by atoms with Gasteiger partial charge in [-0.05, 0) is 16.7 Å². The van der Waals surface area contributed by atoms with Crippen LogP contribution >= 0.6 is 0 Å². The summed E-state index contributed by atoms with van der Waals surface area (Å²) in [4.78, 5) is 240. The highest BCUT2D eigenvalue weighted by atomic mass is 16.6. The van der Waals surface area contributed by atoms with Crippen molar-refractivity contribution in [1.82, 2.24) is 56.1 Å². The molecule has 6 atom stereocenters. The predicted octanol–water partition coefficient (Wildman–Crippen LogP) is -8.28. The third-order valence-electron chi connectivity index (χ3n) is 16.2. The van der Waals surface area contributed by atoms with Crippen LogP contribution in [0.3, 0.4) is 0 Å². The van der Waals surface area contributed by atoms with Crippen molar-refractivity contribution < 1.29 is 102 Å². The molecule has 9 N–H and O–H groups in total. The van der Waals surface area contributed by atoms with Crippen molar-refractivity contribution in [3.8, 4) is 0 Å². The lowest BCUT2D eigenvalue weighted by atomic mass is 10.2. The van der Waals surface area contributed by atoms with E-state index in [2.05, 4.69) is 0 Å². The Labute approximate surface area is 638 Å². The Hall–Kier alpha value is -12.2. The molecule has 0 amide bonds. The minimum atomic E-state index is -2.07. The SMILES string of the molecule is O=C(CCn1c(=O)[nH]c(=O)n(CCC(=O)OCC(O)Cn2c(=O)n(CC(O)COC(=O)CCn3c(=O)[nH]c(=O)n(CCC(=O)OCC(O)COCc4ccccc4)c3=O)c(=O)n(CC(O)COC(=O)CCn3c(=O)[nH]c(=O)n(CCC(=O)OCC(O)COCc4ccccc4)c3=O)c2=O)c1=O)OCC(O)COCc1ccccc1. The van der Waals surface area contributed by atoms with Crippen molar-refractivity contribution in [2.45, 2.75) is 154 Å². The lowest BCUT2D eigenvalue weighted by Gasteiger charge is -2.19. The second-order valence-electron chi connectivity index (χ2n) is 25.2. The molecule has 0 fully saturated rings. The van der Waals surface area contributed by atoms with E-state index in [9.17, 15) is 117 Å². The van der Waals surface area contributed by atoms with E-state index in [1.807, 2.05) is 15.0 Å². The number of carbonyl (C=O) groups excluding carboxylic acids is 6. The zero-order chi connectivity index (χ0) is 83.0. The predicted molar refractivity (Wildman–Crippen MR) is 384 cm³/mol. The quantitative estimate of drug-likeness (QED) is 0.0126. The summed E-state index contributed by atoms with van der Waals surface area (Å²) in [5.41, 5.74) is -13.9. The number of carbonyl (C=O) groups is 6. The van der Waals surface area contributed by atoms with Gasteiger partial charge >= 0.3 is 104 Å². The van der Waals surface area contributed by atoms with Crippen molar-refractivity contribution in [2.75, 3.05) is 59.5 Å². The Morgan fingerprint density at radius 1 is 0.254 bits per heavy atom. The summed E-state index contributed by atoms with van der Waals surface area (Å²) in [7, 11) is 0. The van der Waals surface area contributed by atoms with Crippen LogP contribution in [0.2, 0.25) is 0 Å². The van der Waals surface area contributed by atoms with Gasteiger partial charge in [0.2, 0.25) is 0 Å². The maximum Gasteiger partial charge on any atom is 0.336 e. The average molecular weight is 1610 g/mol. The van der Waals surface area contributed by atoms with Gasteiger partial charge in [0.05, 0.1) is 97.8 Å². The second kappa shape index (κ2) is 44.7. The zero-order valence-corrected chi connectivity index (χ0v) is 60.9. The number of hydrogen-bond donors (Lipinski definition) is 9. The molecule has 0 aliphatic rings. The molecule has 6 unspecified atom stereocenters. The Balaban J connectivity index is 0.962. The van der Waals surface area contributed by atoms with Crippen LogP contribution in [0.1, 0.15) is 55.2 Å². The number of aliphatic hydroxyl groups excluding tert-OH is 6. The van der Waals surface area contributed by atoms with Gasteiger partial charge in [0, 0.05) is 39.3 Å². The Morgan fingerprint density at radius 3 is 0.623 bits per heavy atom. The third kappa shape index (κ3) is 28.2. The van der Waals surface area contributed by atoms with Gasteiger partial charge < -0.3 is 73.3 Å². The topological polar surface area (TPSA) is 603 Å². The molecule has 0 aliphatic carbocycles. The molecular formula is C69H84N12O33. The highest BCUT2D eigenvalue weighted by Crippen LogP contribution is 2.07. The summed E-state index contributed by atoms with van der Waals surface area (Å²) in [6.45, 7) is -12.8. The summed E-state index contributed by atoms with van der Waals surface area (Å²) in [6.07, 6.45) is -14.3. The van der Waals surface area contributed by atoms with Crippen molar-refractivity contribution in [3.63, 3.8) is 0 Å². The molecule has 0 bridgehead atoms. The van der Waals surface area contributed by atoms with Crippen molar-refractivity contribution >= 4 is 35.8 Å². The standard InChI is InChI=1S/C69H84N12O33/c82-46(37-109-52(88)16-22-73-58(94)70-61(97)76(64(73)100)25-19-55(91)112-40-49(85)34-106-31-43-10-4-1-5-11-43)28-79-67(103)80(29-47(83)38-110-53(89)17-23-74-59(95)71-62(98)77(65(74)101)26-20-56(92)113-41-50(86)35-107-32-44-12-6-2-7-13-44)69(105)81(68(79)104)30-48(84)39-111-54(90)18-24-75-60(96)72-63(99)78(66(75)102)27-21-57(93)114-42-51(87)36-108-33-45-14-8-3-9-15-45/h1-15,46-51,82-87H,16-42H2,(H,70,94,97)(H,71,95,98)(H,72,96,99). The number of hydrogen-bond acceptors (Lipinski definition) is 33. The number of nitrogens with one attached hydrogen (secondary N) is 3. The van der Waals surface area contributed by atoms with Crippen molar-refractivity contribution in [2.24, 2.45) is 0 Å². The Kier molecular flexibility index (Phi) is 34.9. The van der Waals surface area contributed by atoms with E-state index in [1.54, 1.807) is 91.0 Å². The molecule has 618 valence electrons. The second-order valence-corrected chi connectivity index (χ2v) is 25.2. The van der Waals surface area contributed by atoms with E-state index in [-0.39, 0.29) is 53.3 Å². The molecule has 0 saturated carbocycles. The average Bonchev–Trinajstić information content (AvgIpc) is 0.775. The van der Waals surface area contributed by atoms with Gasteiger partial charge in [0.1, 0.15) is 76.3 Å². The highest BCUT2D eigenvalue weighted by molar-refractivity contribution is 5.71. The van der Waals surface area contributed by atoms with E-state index in [0.717, 1.165) is 16.7 Å². The number of nitrogens with zero attached hydrogens (tertiary/aromatic N) is 9. The summed E-state index contributed by atoms with van der Waals surface area (Å²) < 4.78 is 49.3. The lowest BCUT2D eigenvalue weighted by Crippen LogP contribution is -2.57. The first-order valence-electron chi connectivity index (χ1n) is 35.1.